The Labute approximate surface area is 143 Å². The van der Waals surface area contributed by atoms with E-state index in [9.17, 15) is 14.4 Å². The summed E-state index contributed by atoms with van der Waals surface area (Å²) in [6.07, 6.45) is 6.40. The Kier molecular flexibility index (Phi) is 2.65. The Bertz CT molecular complexity index is 795. The van der Waals surface area contributed by atoms with Gasteiger partial charge in [0.25, 0.3) is 17.7 Å². The minimum absolute atomic E-state index is 0.150. The number of rotatable bonds is 2. The number of nitrogens with zero attached hydrogens (tertiary/aromatic N) is 1. The molecule has 4 aliphatic rings. The zero-order valence-corrected chi connectivity index (χ0v) is 13.5. The molecule has 2 saturated carbocycles. The number of benzene rings is 1. The largest absolute Gasteiger partial charge is 0.272 e. The van der Waals surface area contributed by atoms with Gasteiger partial charge < -0.3 is 0 Å². The quantitative estimate of drug-likeness (QED) is 0.661. The van der Waals surface area contributed by atoms with Gasteiger partial charge in [-0.15, -0.1) is 0 Å². The van der Waals surface area contributed by atoms with Crippen molar-refractivity contribution in [2.45, 2.75) is 12.8 Å². The number of imide groups is 1. The van der Waals surface area contributed by atoms with Crippen LogP contribution >= 0.6 is 11.6 Å². The van der Waals surface area contributed by atoms with E-state index in [0.717, 1.165) is 17.9 Å². The zero-order chi connectivity index (χ0) is 16.6. The first-order chi connectivity index (χ1) is 11.5. The highest BCUT2D eigenvalue weighted by molar-refractivity contribution is 6.31. The highest BCUT2D eigenvalue weighted by Gasteiger charge is 2.73. The fraction of sp³-hybridized carbons (Fsp3) is 0.389. The number of halogens is 1. The van der Waals surface area contributed by atoms with Crippen molar-refractivity contribution >= 4 is 29.3 Å². The Morgan fingerprint density at radius 3 is 2.29 bits per heavy atom. The number of hydrogen-bond acceptors (Lipinski definition) is 3. The molecule has 0 radical (unpaired) electrons. The van der Waals surface area contributed by atoms with Crippen molar-refractivity contribution in [3.05, 3.63) is 47.0 Å². The molecule has 1 spiro atoms. The molecular weight excluding hydrogens is 328 g/mol. The molecule has 5 nitrogen and oxygen atoms in total. The molecule has 3 fully saturated rings. The fourth-order valence-corrected chi connectivity index (χ4v) is 5.17. The van der Waals surface area contributed by atoms with Crippen LogP contribution in [0, 0.1) is 29.1 Å². The zero-order valence-electron chi connectivity index (χ0n) is 12.7. The van der Waals surface area contributed by atoms with Crippen LogP contribution in [-0.4, -0.2) is 22.7 Å². The van der Waals surface area contributed by atoms with E-state index in [0.29, 0.717) is 10.6 Å². The summed E-state index contributed by atoms with van der Waals surface area (Å²) in [5, 5.41) is 1.36. The smallest absolute Gasteiger partial charge is 0.270 e. The summed E-state index contributed by atoms with van der Waals surface area (Å²) in [5.41, 5.74) is 2.95. The van der Waals surface area contributed by atoms with Crippen molar-refractivity contribution in [3.8, 4) is 0 Å². The average molecular weight is 343 g/mol. The van der Waals surface area contributed by atoms with Crippen LogP contribution in [0.4, 0.5) is 0 Å². The Balaban J connectivity index is 1.41. The van der Waals surface area contributed by atoms with Gasteiger partial charge in [0, 0.05) is 10.6 Å². The van der Waals surface area contributed by atoms with E-state index in [2.05, 4.69) is 17.6 Å². The first-order valence-electron chi connectivity index (χ1n) is 8.16. The van der Waals surface area contributed by atoms with Crippen molar-refractivity contribution in [2.75, 3.05) is 0 Å². The molecule has 1 aliphatic heterocycles. The van der Waals surface area contributed by atoms with E-state index in [1.807, 2.05) is 0 Å². The summed E-state index contributed by atoms with van der Waals surface area (Å²) < 4.78 is 0. The highest BCUT2D eigenvalue weighted by Crippen LogP contribution is 2.73. The van der Waals surface area contributed by atoms with Crippen molar-refractivity contribution in [1.29, 1.82) is 0 Å². The van der Waals surface area contributed by atoms with Crippen LogP contribution in [0.15, 0.2) is 36.4 Å². The number of amides is 3. The third kappa shape index (κ3) is 1.63. The third-order valence-corrected chi connectivity index (χ3v) is 6.39. The lowest BCUT2D eigenvalue weighted by Gasteiger charge is -2.22. The van der Waals surface area contributed by atoms with Crippen molar-refractivity contribution in [3.63, 3.8) is 0 Å². The summed E-state index contributed by atoms with van der Waals surface area (Å²) in [4.78, 5) is 37.9. The van der Waals surface area contributed by atoms with Crippen LogP contribution in [0.2, 0.25) is 5.02 Å². The molecule has 3 amide bonds. The van der Waals surface area contributed by atoms with Gasteiger partial charge >= 0.3 is 0 Å². The van der Waals surface area contributed by atoms with Gasteiger partial charge in [-0.05, 0) is 48.3 Å². The van der Waals surface area contributed by atoms with Crippen LogP contribution in [0.3, 0.4) is 0 Å². The van der Waals surface area contributed by atoms with E-state index in [-0.39, 0.29) is 40.9 Å². The highest BCUT2D eigenvalue weighted by atomic mass is 35.5. The second-order valence-electron chi connectivity index (χ2n) is 7.18. The molecule has 2 bridgehead atoms. The normalized spacial score (nSPS) is 34.1. The van der Waals surface area contributed by atoms with Gasteiger partial charge in [-0.1, -0.05) is 29.8 Å². The van der Waals surface area contributed by atoms with Gasteiger partial charge in [-0.25, -0.2) is 0 Å². The maximum Gasteiger partial charge on any atom is 0.270 e. The molecule has 6 heteroatoms. The van der Waals surface area contributed by atoms with Crippen molar-refractivity contribution in [1.82, 2.24) is 10.4 Å². The van der Waals surface area contributed by atoms with Gasteiger partial charge in [0.05, 0.1) is 11.8 Å². The predicted octanol–water partition coefficient (Wildman–Crippen LogP) is 2.18. The van der Waals surface area contributed by atoms with Gasteiger partial charge in [0.1, 0.15) is 0 Å². The summed E-state index contributed by atoms with van der Waals surface area (Å²) in [5.74, 6) is -1.37. The lowest BCUT2D eigenvalue weighted by Crippen LogP contribution is -2.47. The average Bonchev–Trinajstić information content (AvgIpc) is 3.17. The summed E-state index contributed by atoms with van der Waals surface area (Å²) in [6, 6.07) is 6.42. The number of allylic oxidation sites excluding steroid dienone is 2. The van der Waals surface area contributed by atoms with Crippen molar-refractivity contribution < 1.29 is 14.4 Å². The Hall–Kier alpha value is -2.14. The molecule has 1 aromatic carbocycles. The minimum atomic E-state index is -0.499. The van der Waals surface area contributed by atoms with Crippen LogP contribution < -0.4 is 5.43 Å². The van der Waals surface area contributed by atoms with E-state index >= 15 is 0 Å². The lowest BCUT2D eigenvalue weighted by atomic mass is 9.85. The molecule has 122 valence electrons. The number of carbonyl (C=O) groups is 3. The van der Waals surface area contributed by atoms with E-state index in [1.54, 1.807) is 18.2 Å². The van der Waals surface area contributed by atoms with Crippen molar-refractivity contribution in [2.24, 2.45) is 29.1 Å². The van der Waals surface area contributed by atoms with Gasteiger partial charge in [-0.2, -0.15) is 5.01 Å². The molecule has 24 heavy (non-hydrogen) atoms. The number of hydrazine groups is 1. The van der Waals surface area contributed by atoms with Crippen LogP contribution in [0.1, 0.15) is 23.2 Å². The number of nitrogens with one attached hydrogen (secondary N) is 1. The van der Waals surface area contributed by atoms with Crippen LogP contribution in [0.25, 0.3) is 0 Å². The summed E-state index contributed by atoms with van der Waals surface area (Å²) >= 11 is 5.89. The van der Waals surface area contributed by atoms with Crippen LogP contribution in [-0.2, 0) is 9.59 Å². The molecule has 1 aromatic rings. The van der Waals surface area contributed by atoms with Crippen LogP contribution in [0.5, 0.6) is 0 Å². The summed E-state index contributed by atoms with van der Waals surface area (Å²) in [7, 11) is 0. The third-order valence-electron chi connectivity index (χ3n) is 6.15. The SMILES string of the molecule is O=C(NN1C(=O)[C@H]2[C@H](C1=O)[C@H]1C=C[C@H]2C12CC2)c1cccc(Cl)c1. The molecule has 1 saturated heterocycles. The maximum absolute atomic E-state index is 12.8. The topological polar surface area (TPSA) is 66.5 Å². The molecule has 5 rings (SSSR count). The lowest BCUT2D eigenvalue weighted by molar-refractivity contribution is -0.144. The number of carbonyl (C=O) groups excluding carboxylic acids is 3. The van der Waals surface area contributed by atoms with E-state index in [4.69, 9.17) is 11.6 Å². The Morgan fingerprint density at radius 2 is 1.75 bits per heavy atom. The first-order valence-corrected chi connectivity index (χ1v) is 8.53. The fourth-order valence-electron chi connectivity index (χ4n) is 4.98. The molecule has 1 N–H and O–H groups in total. The summed E-state index contributed by atoms with van der Waals surface area (Å²) in [6.45, 7) is 0. The Morgan fingerprint density at radius 1 is 1.12 bits per heavy atom. The molecule has 3 aliphatic carbocycles. The van der Waals surface area contributed by atoms with Gasteiger partial charge in [0.15, 0.2) is 0 Å². The predicted molar refractivity (Wildman–Crippen MR) is 85.5 cm³/mol. The number of fused-ring (bicyclic) bond motifs is 3. The molecule has 1 heterocycles. The minimum Gasteiger partial charge on any atom is -0.272 e. The molecular formula is C18H15ClN2O3. The molecule has 0 unspecified atom stereocenters. The molecule has 0 aromatic heterocycles. The molecule has 4 atom stereocenters. The van der Waals surface area contributed by atoms with E-state index < -0.39 is 5.91 Å². The van der Waals surface area contributed by atoms with E-state index in [1.165, 1.54) is 6.07 Å². The monoisotopic (exact) mass is 342 g/mol. The standard InChI is InChI=1S/C18H15ClN2O3/c19-10-3-1-2-9(8-10)15(22)20-21-16(23)13-11-4-5-12(14(13)17(21)24)18(11)6-7-18/h1-5,8,11-14H,6-7H2,(H,20,22)/t11-,12-,13-,14-/m1/s1. The van der Waals surface area contributed by atoms with Gasteiger partial charge in [0.2, 0.25) is 0 Å². The van der Waals surface area contributed by atoms with Gasteiger partial charge in [-0.3, -0.25) is 19.8 Å². The number of hydrogen-bond donors (Lipinski definition) is 1. The second kappa shape index (κ2) is 4.48. The second-order valence-corrected chi connectivity index (χ2v) is 7.62. The maximum atomic E-state index is 12.8. The first kappa shape index (κ1) is 14.2.